The van der Waals surface area contributed by atoms with Gasteiger partial charge in [0, 0.05) is 34.1 Å². The number of rotatable bonds is 8. The number of carbonyl (C=O) groups is 1. The lowest BCUT2D eigenvalue weighted by Gasteiger charge is -2.11. The van der Waals surface area contributed by atoms with Crippen molar-refractivity contribution >= 4 is 38.6 Å². The highest BCUT2D eigenvalue weighted by molar-refractivity contribution is 7.92. The van der Waals surface area contributed by atoms with Gasteiger partial charge in [-0.3, -0.25) is 9.52 Å². The van der Waals surface area contributed by atoms with E-state index in [-0.39, 0.29) is 10.5 Å². The van der Waals surface area contributed by atoms with Crippen molar-refractivity contribution in [2.45, 2.75) is 11.8 Å². The zero-order chi connectivity index (χ0) is 23.3. The van der Waals surface area contributed by atoms with E-state index in [2.05, 4.69) is 15.0 Å². The molecular formula is C24H21N3O4S2. The Labute approximate surface area is 196 Å². The molecule has 1 amide bonds. The maximum atomic E-state index is 12.8. The van der Waals surface area contributed by atoms with Gasteiger partial charge in [-0.25, -0.2) is 13.4 Å². The topological polar surface area (TPSA) is 97.4 Å². The molecule has 168 valence electrons. The van der Waals surface area contributed by atoms with Crippen molar-refractivity contribution in [2.24, 2.45) is 0 Å². The molecule has 0 aliphatic carbocycles. The highest BCUT2D eigenvalue weighted by Gasteiger charge is 2.17. The normalized spacial score (nSPS) is 11.1. The third-order valence-electron chi connectivity index (χ3n) is 4.65. The first-order valence-corrected chi connectivity index (χ1v) is 12.5. The molecule has 1 aromatic heterocycles. The van der Waals surface area contributed by atoms with Crippen LogP contribution in [0.2, 0.25) is 0 Å². The summed E-state index contributed by atoms with van der Waals surface area (Å²) < 4.78 is 33.5. The van der Waals surface area contributed by atoms with Gasteiger partial charge < -0.3 is 10.1 Å². The van der Waals surface area contributed by atoms with Crippen molar-refractivity contribution in [3.05, 3.63) is 89.9 Å². The number of amides is 1. The molecule has 33 heavy (non-hydrogen) atoms. The van der Waals surface area contributed by atoms with Crippen molar-refractivity contribution in [1.29, 1.82) is 0 Å². The third kappa shape index (κ3) is 5.57. The second-order valence-electron chi connectivity index (χ2n) is 6.96. The molecule has 4 aromatic rings. The molecule has 7 nitrogen and oxygen atoms in total. The van der Waals surface area contributed by atoms with Crippen LogP contribution in [0.3, 0.4) is 0 Å². The third-order valence-corrected chi connectivity index (χ3v) is 6.85. The lowest BCUT2D eigenvalue weighted by molar-refractivity contribution is 0.102. The van der Waals surface area contributed by atoms with E-state index in [4.69, 9.17) is 4.74 Å². The van der Waals surface area contributed by atoms with E-state index in [1.807, 2.05) is 24.4 Å². The Morgan fingerprint density at radius 2 is 1.73 bits per heavy atom. The van der Waals surface area contributed by atoms with Gasteiger partial charge in [-0.1, -0.05) is 6.07 Å². The van der Waals surface area contributed by atoms with Crippen molar-refractivity contribution in [2.75, 3.05) is 16.6 Å². The molecule has 9 heteroatoms. The first-order chi connectivity index (χ1) is 15.9. The van der Waals surface area contributed by atoms with Gasteiger partial charge in [-0.15, -0.1) is 11.3 Å². The molecule has 0 aliphatic heterocycles. The van der Waals surface area contributed by atoms with Crippen LogP contribution in [0.5, 0.6) is 5.75 Å². The molecule has 0 spiro atoms. The van der Waals surface area contributed by atoms with Gasteiger partial charge in [-0.2, -0.15) is 0 Å². The molecular weight excluding hydrogens is 458 g/mol. The molecule has 0 unspecified atom stereocenters. The van der Waals surface area contributed by atoms with Crippen LogP contribution in [0.25, 0.3) is 10.6 Å². The molecule has 0 bridgehead atoms. The minimum Gasteiger partial charge on any atom is -0.494 e. The number of sulfonamides is 1. The zero-order valence-corrected chi connectivity index (χ0v) is 19.3. The number of hydrogen-bond donors (Lipinski definition) is 2. The standard InChI is InChI=1S/C24H21N3O4S2/c1-2-31-21-12-10-20(11-13-21)27-33(29,30)22-5-3-4-18(16-22)23(28)26-19-8-6-17(7-9-19)24-25-14-15-32-24/h3-16,27H,2H2,1H3,(H,26,28). The number of benzene rings is 3. The number of nitrogens with zero attached hydrogens (tertiary/aromatic N) is 1. The largest absolute Gasteiger partial charge is 0.494 e. The van der Waals surface area contributed by atoms with Gasteiger partial charge in [0.15, 0.2) is 0 Å². The molecule has 2 N–H and O–H groups in total. The van der Waals surface area contributed by atoms with Crippen LogP contribution in [-0.2, 0) is 10.0 Å². The van der Waals surface area contributed by atoms with Crippen LogP contribution in [0, 0.1) is 0 Å². The quantitative estimate of drug-likeness (QED) is 0.359. The van der Waals surface area contributed by atoms with Crippen LogP contribution in [-0.4, -0.2) is 25.9 Å². The summed E-state index contributed by atoms with van der Waals surface area (Å²) in [5.41, 5.74) is 2.18. The van der Waals surface area contributed by atoms with Crippen LogP contribution in [0.1, 0.15) is 17.3 Å². The Morgan fingerprint density at radius 1 is 1.00 bits per heavy atom. The van der Waals surface area contributed by atoms with Gasteiger partial charge in [0.05, 0.1) is 11.5 Å². The second kappa shape index (κ2) is 9.85. The number of thiazole rings is 1. The fourth-order valence-corrected chi connectivity index (χ4v) is 4.82. The average Bonchev–Trinajstić information content (AvgIpc) is 3.36. The minimum absolute atomic E-state index is 0.0110. The van der Waals surface area contributed by atoms with Crippen LogP contribution in [0.4, 0.5) is 11.4 Å². The predicted molar refractivity (Wildman–Crippen MR) is 130 cm³/mol. The summed E-state index contributed by atoms with van der Waals surface area (Å²) in [6, 6.07) is 19.8. The molecule has 0 fully saturated rings. The predicted octanol–water partition coefficient (Wildman–Crippen LogP) is 5.26. The van der Waals surface area contributed by atoms with Gasteiger partial charge in [-0.05, 0) is 73.7 Å². The van der Waals surface area contributed by atoms with Gasteiger partial charge in [0.2, 0.25) is 0 Å². The fourth-order valence-electron chi connectivity index (χ4n) is 3.07. The number of hydrogen-bond acceptors (Lipinski definition) is 6. The highest BCUT2D eigenvalue weighted by Crippen LogP contribution is 2.24. The fraction of sp³-hybridized carbons (Fsp3) is 0.0833. The maximum Gasteiger partial charge on any atom is 0.261 e. The zero-order valence-electron chi connectivity index (χ0n) is 17.7. The molecule has 0 atom stereocenters. The van der Waals surface area contributed by atoms with Gasteiger partial charge >= 0.3 is 0 Å². The Morgan fingerprint density at radius 3 is 2.39 bits per heavy atom. The van der Waals surface area contributed by atoms with E-state index in [9.17, 15) is 13.2 Å². The number of nitrogens with one attached hydrogen (secondary N) is 2. The van der Waals surface area contributed by atoms with Crippen molar-refractivity contribution < 1.29 is 17.9 Å². The molecule has 1 heterocycles. The summed E-state index contributed by atoms with van der Waals surface area (Å²) in [7, 11) is -3.87. The summed E-state index contributed by atoms with van der Waals surface area (Å²) >= 11 is 1.53. The molecule has 0 saturated heterocycles. The monoisotopic (exact) mass is 479 g/mol. The molecule has 3 aromatic carbocycles. The SMILES string of the molecule is CCOc1ccc(NS(=O)(=O)c2cccc(C(=O)Nc3ccc(-c4nccs4)cc3)c2)cc1. The number of aromatic nitrogens is 1. The first kappa shape index (κ1) is 22.5. The average molecular weight is 480 g/mol. The summed E-state index contributed by atoms with van der Waals surface area (Å²) in [4.78, 5) is 17.0. The maximum absolute atomic E-state index is 12.8. The Balaban J connectivity index is 1.46. The Kier molecular flexibility index (Phi) is 6.71. The molecule has 0 radical (unpaired) electrons. The lowest BCUT2D eigenvalue weighted by atomic mass is 10.2. The van der Waals surface area contributed by atoms with E-state index < -0.39 is 15.9 Å². The van der Waals surface area contributed by atoms with Crippen LogP contribution < -0.4 is 14.8 Å². The number of anilines is 2. The van der Waals surface area contributed by atoms with E-state index in [0.29, 0.717) is 23.7 Å². The van der Waals surface area contributed by atoms with Crippen molar-refractivity contribution in [1.82, 2.24) is 4.98 Å². The van der Waals surface area contributed by atoms with E-state index >= 15 is 0 Å². The highest BCUT2D eigenvalue weighted by atomic mass is 32.2. The number of carbonyl (C=O) groups excluding carboxylic acids is 1. The molecule has 4 rings (SSSR count). The number of ether oxygens (including phenoxy) is 1. The van der Waals surface area contributed by atoms with E-state index in [0.717, 1.165) is 10.6 Å². The Hall–Kier alpha value is -3.69. The first-order valence-electron chi connectivity index (χ1n) is 10.1. The second-order valence-corrected chi connectivity index (χ2v) is 9.54. The summed E-state index contributed by atoms with van der Waals surface area (Å²) in [5, 5.41) is 5.59. The lowest BCUT2D eigenvalue weighted by Crippen LogP contribution is -2.16. The van der Waals surface area contributed by atoms with E-state index in [1.165, 1.54) is 29.5 Å². The molecule has 0 saturated carbocycles. The van der Waals surface area contributed by atoms with Gasteiger partial charge in [0.25, 0.3) is 15.9 Å². The van der Waals surface area contributed by atoms with Crippen molar-refractivity contribution in [3.63, 3.8) is 0 Å². The van der Waals surface area contributed by atoms with Crippen LogP contribution >= 0.6 is 11.3 Å². The summed E-state index contributed by atoms with van der Waals surface area (Å²) in [6.07, 6.45) is 1.74. The molecule has 0 aliphatic rings. The summed E-state index contributed by atoms with van der Waals surface area (Å²) in [6.45, 7) is 2.40. The smallest absolute Gasteiger partial charge is 0.261 e. The van der Waals surface area contributed by atoms with Crippen LogP contribution in [0.15, 0.2) is 89.3 Å². The Bertz CT molecular complexity index is 1340. The minimum atomic E-state index is -3.87. The van der Waals surface area contributed by atoms with Crippen molar-refractivity contribution in [3.8, 4) is 16.3 Å². The van der Waals surface area contributed by atoms with Gasteiger partial charge in [0.1, 0.15) is 10.8 Å². The van der Waals surface area contributed by atoms with E-state index in [1.54, 1.807) is 48.7 Å². The summed E-state index contributed by atoms with van der Waals surface area (Å²) in [5.74, 6) is 0.244.